The van der Waals surface area contributed by atoms with Crippen LogP contribution in [0.1, 0.15) is 23.9 Å². The van der Waals surface area contributed by atoms with Crippen molar-refractivity contribution in [2.75, 3.05) is 26.2 Å². The normalized spacial score (nSPS) is 24.4. The van der Waals surface area contributed by atoms with E-state index in [1.165, 1.54) is 4.91 Å². The van der Waals surface area contributed by atoms with Crippen LogP contribution in [0.15, 0.2) is 35.5 Å². The van der Waals surface area contributed by atoms with Crippen LogP contribution in [-0.2, 0) is 0 Å². The van der Waals surface area contributed by atoms with E-state index in [1.807, 2.05) is 30.1 Å². The first-order chi connectivity index (χ1) is 9.85. The monoisotopic (exact) mass is 291 g/mol. The van der Waals surface area contributed by atoms with Crippen LogP contribution in [0.4, 0.5) is 0 Å². The summed E-state index contributed by atoms with van der Waals surface area (Å²) in [6.45, 7) is 3.54. The van der Waals surface area contributed by atoms with E-state index in [0.717, 1.165) is 38.2 Å². The van der Waals surface area contributed by atoms with Gasteiger partial charge in [-0.05, 0) is 44.0 Å². The van der Waals surface area contributed by atoms with Crippen LogP contribution in [0, 0.1) is 5.92 Å². The van der Waals surface area contributed by atoms with E-state index in [9.17, 15) is 5.11 Å². The van der Waals surface area contributed by atoms with Gasteiger partial charge in [0.25, 0.3) is 0 Å². The predicted octanol–water partition coefficient (Wildman–Crippen LogP) is 1.96. The maximum absolute atomic E-state index is 9.17. The number of hydrogen-bond donors (Lipinski definition) is 2. The zero-order valence-electron chi connectivity index (χ0n) is 11.5. The van der Waals surface area contributed by atoms with Crippen molar-refractivity contribution in [1.82, 2.24) is 15.2 Å². The third kappa shape index (κ3) is 3.34. The van der Waals surface area contributed by atoms with Gasteiger partial charge in [0.2, 0.25) is 0 Å². The summed E-state index contributed by atoms with van der Waals surface area (Å²) in [5.41, 5.74) is 1.09. The molecule has 0 saturated carbocycles. The Morgan fingerprint density at radius 3 is 2.90 bits per heavy atom. The minimum absolute atomic E-state index is 0.251. The van der Waals surface area contributed by atoms with E-state index < -0.39 is 0 Å². The molecular formula is C15H21N3OS. The summed E-state index contributed by atoms with van der Waals surface area (Å²) in [5, 5.41) is 12.8. The number of nitrogens with one attached hydrogen (secondary N) is 1. The first-order valence-electron chi connectivity index (χ1n) is 7.21. The standard InChI is InChI=1S/C15H21N3OS/c19-11-12-4-7-18(8-5-12)10-13-9-17-15(20-13)14-3-1-2-6-16-14/h1-3,6,9,12,15,17,19H,4-5,7-8,10-11H2. The van der Waals surface area contributed by atoms with Gasteiger partial charge in [-0.1, -0.05) is 17.8 Å². The van der Waals surface area contributed by atoms with Crippen molar-refractivity contribution >= 4 is 11.8 Å². The molecule has 1 unspecified atom stereocenters. The Kier molecular flexibility index (Phi) is 4.60. The first-order valence-corrected chi connectivity index (χ1v) is 8.09. The number of rotatable bonds is 4. The van der Waals surface area contributed by atoms with Crippen LogP contribution >= 0.6 is 11.8 Å². The third-order valence-corrected chi connectivity index (χ3v) is 5.13. The summed E-state index contributed by atoms with van der Waals surface area (Å²) in [7, 11) is 0. The zero-order valence-corrected chi connectivity index (χ0v) is 12.4. The van der Waals surface area contributed by atoms with Gasteiger partial charge in [0, 0.05) is 30.5 Å². The highest BCUT2D eigenvalue weighted by atomic mass is 32.2. The second kappa shape index (κ2) is 6.61. The molecule has 2 N–H and O–H groups in total. The quantitative estimate of drug-likeness (QED) is 0.888. The number of nitrogens with zero attached hydrogens (tertiary/aromatic N) is 2. The Hall–Kier alpha value is -1.04. The Morgan fingerprint density at radius 1 is 1.35 bits per heavy atom. The number of pyridine rings is 1. The molecule has 1 saturated heterocycles. The molecule has 4 nitrogen and oxygen atoms in total. The average Bonchev–Trinajstić information content (AvgIpc) is 2.97. The molecule has 0 amide bonds. The molecule has 1 aromatic rings. The van der Waals surface area contributed by atoms with Gasteiger partial charge >= 0.3 is 0 Å². The number of aliphatic hydroxyl groups is 1. The van der Waals surface area contributed by atoms with Crippen molar-refractivity contribution in [3.63, 3.8) is 0 Å². The molecular weight excluding hydrogens is 270 g/mol. The number of hydrogen-bond acceptors (Lipinski definition) is 5. The van der Waals surface area contributed by atoms with E-state index in [0.29, 0.717) is 12.5 Å². The minimum atomic E-state index is 0.251. The Bertz CT molecular complexity index is 457. The topological polar surface area (TPSA) is 48.4 Å². The SMILES string of the molecule is OCC1CCN(CC2=CNC(c3ccccn3)S2)CC1. The average molecular weight is 291 g/mol. The molecule has 1 atom stereocenters. The van der Waals surface area contributed by atoms with Crippen molar-refractivity contribution in [1.29, 1.82) is 0 Å². The van der Waals surface area contributed by atoms with Crippen LogP contribution in [0.5, 0.6) is 0 Å². The molecule has 5 heteroatoms. The number of aromatic nitrogens is 1. The van der Waals surface area contributed by atoms with Gasteiger partial charge in [-0.15, -0.1) is 0 Å². The summed E-state index contributed by atoms with van der Waals surface area (Å²) in [5.74, 6) is 0.510. The van der Waals surface area contributed by atoms with Crippen LogP contribution < -0.4 is 5.32 Å². The van der Waals surface area contributed by atoms with Crippen LogP contribution in [0.3, 0.4) is 0 Å². The maximum Gasteiger partial charge on any atom is 0.119 e. The molecule has 0 spiro atoms. The van der Waals surface area contributed by atoms with Crippen LogP contribution in [-0.4, -0.2) is 41.2 Å². The lowest BCUT2D eigenvalue weighted by Gasteiger charge is -2.31. The lowest BCUT2D eigenvalue weighted by Crippen LogP contribution is -2.35. The highest BCUT2D eigenvalue weighted by Crippen LogP contribution is 2.36. The van der Waals surface area contributed by atoms with Gasteiger partial charge < -0.3 is 10.4 Å². The fourth-order valence-corrected chi connectivity index (χ4v) is 3.79. The van der Waals surface area contributed by atoms with Crippen molar-refractivity contribution in [2.45, 2.75) is 18.2 Å². The van der Waals surface area contributed by atoms with Gasteiger partial charge in [-0.2, -0.15) is 0 Å². The van der Waals surface area contributed by atoms with Gasteiger partial charge in [0.15, 0.2) is 0 Å². The summed E-state index contributed by atoms with van der Waals surface area (Å²) < 4.78 is 0. The number of aliphatic hydroxyl groups excluding tert-OH is 1. The van der Waals surface area contributed by atoms with Crippen molar-refractivity contribution in [3.05, 3.63) is 41.2 Å². The smallest absolute Gasteiger partial charge is 0.119 e. The number of piperidine rings is 1. The molecule has 0 aliphatic carbocycles. The Labute approximate surface area is 124 Å². The second-order valence-corrected chi connectivity index (χ2v) is 6.66. The highest BCUT2D eigenvalue weighted by molar-refractivity contribution is 8.03. The van der Waals surface area contributed by atoms with Gasteiger partial charge in [0.05, 0.1) is 5.69 Å². The largest absolute Gasteiger partial charge is 0.396 e. The summed E-state index contributed by atoms with van der Waals surface area (Å²) >= 11 is 1.86. The number of likely N-dealkylation sites (tertiary alicyclic amines) is 1. The lowest BCUT2D eigenvalue weighted by atomic mass is 9.98. The third-order valence-electron chi connectivity index (χ3n) is 3.97. The molecule has 1 fully saturated rings. The number of thioether (sulfide) groups is 1. The molecule has 0 radical (unpaired) electrons. The Morgan fingerprint density at radius 2 is 2.20 bits per heavy atom. The lowest BCUT2D eigenvalue weighted by molar-refractivity contribution is 0.139. The molecule has 20 heavy (non-hydrogen) atoms. The fourth-order valence-electron chi connectivity index (χ4n) is 2.70. The van der Waals surface area contributed by atoms with E-state index in [2.05, 4.69) is 27.5 Å². The fraction of sp³-hybridized carbons (Fsp3) is 0.533. The highest BCUT2D eigenvalue weighted by Gasteiger charge is 2.24. The molecule has 0 aromatic carbocycles. The molecule has 3 rings (SSSR count). The van der Waals surface area contributed by atoms with Crippen molar-refractivity contribution in [3.8, 4) is 0 Å². The van der Waals surface area contributed by atoms with Crippen LogP contribution in [0.2, 0.25) is 0 Å². The van der Waals surface area contributed by atoms with E-state index in [-0.39, 0.29) is 5.37 Å². The van der Waals surface area contributed by atoms with E-state index in [1.54, 1.807) is 0 Å². The van der Waals surface area contributed by atoms with Gasteiger partial charge in [-0.3, -0.25) is 9.88 Å². The summed E-state index contributed by atoms with van der Waals surface area (Å²) in [6.07, 6.45) is 6.20. The predicted molar refractivity (Wildman–Crippen MR) is 82.0 cm³/mol. The van der Waals surface area contributed by atoms with Gasteiger partial charge in [0.1, 0.15) is 5.37 Å². The Balaban J connectivity index is 1.49. The van der Waals surface area contributed by atoms with Gasteiger partial charge in [-0.25, -0.2) is 0 Å². The molecule has 2 aliphatic rings. The molecule has 0 bridgehead atoms. The molecule has 108 valence electrons. The van der Waals surface area contributed by atoms with Crippen molar-refractivity contribution < 1.29 is 5.11 Å². The molecule has 1 aromatic heterocycles. The second-order valence-electron chi connectivity index (χ2n) is 5.43. The maximum atomic E-state index is 9.17. The zero-order chi connectivity index (χ0) is 13.8. The molecule has 2 aliphatic heterocycles. The summed E-state index contributed by atoms with van der Waals surface area (Å²) in [6, 6.07) is 6.04. The van der Waals surface area contributed by atoms with Crippen LogP contribution in [0.25, 0.3) is 0 Å². The van der Waals surface area contributed by atoms with Crippen molar-refractivity contribution in [2.24, 2.45) is 5.92 Å². The summed E-state index contributed by atoms with van der Waals surface area (Å²) in [4.78, 5) is 8.26. The van der Waals surface area contributed by atoms with E-state index in [4.69, 9.17) is 0 Å². The minimum Gasteiger partial charge on any atom is -0.396 e. The first kappa shape index (κ1) is 13.9. The van der Waals surface area contributed by atoms with E-state index >= 15 is 0 Å². The molecule has 3 heterocycles.